The first-order valence-electron chi connectivity index (χ1n) is 9.83. The van der Waals surface area contributed by atoms with Crippen LogP contribution in [-0.2, 0) is 14.8 Å². The van der Waals surface area contributed by atoms with Crippen LogP contribution in [-0.4, -0.2) is 93.3 Å². The van der Waals surface area contributed by atoms with Crippen molar-refractivity contribution in [3.8, 4) is 0 Å². The van der Waals surface area contributed by atoms with Gasteiger partial charge in [-0.15, -0.1) is 0 Å². The number of carbonyl (C=O) groups excluding carboxylic acids is 1. The van der Waals surface area contributed by atoms with E-state index in [1.807, 2.05) is 0 Å². The van der Waals surface area contributed by atoms with Crippen LogP contribution in [0.1, 0.15) is 12.0 Å². The number of hydrogen-bond donors (Lipinski definition) is 1. The number of nitrogens with zero attached hydrogens (tertiary/aromatic N) is 3. The summed E-state index contributed by atoms with van der Waals surface area (Å²) in [5, 5.41) is 2.69. The van der Waals surface area contributed by atoms with Gasteiger partial charge in [-0.05, 0) is 31.0 Å². The van der Waals surface area contributed by atoms with Crippen molar-refractivity contribution in [1.29, 1.82) is 0 Å². The minimum absolute atomic E-state index is 0.258. The summed E-state index contributed by atoms with van der Waals surface area (Å²) in [6, 6.07) is 3.93. The van der Waals surface area contributed by atoms with Gasteiger partial charge in [0.2, 0.25) is 10.0 Å². The molecule has 162 valence electrons. The molecule has 1 atom stereocenters. The zero-order valence-corrected chi connectivity index (χ0v) is 17.8. The molecule has 2 aliphatic heterocycles. The van der Waals surface area contributed by atoms with Gasteiger partial charge >= 0.3 is 6.03 Å². The molecule has 0 aromatic heterocycles. The van der Waals surface area contributed by atoms with Crippen LogP contribution >= 0.6 is 0 Å². The topological polar surface area (TPSA) is 82.2 Å². The largest absolute Gasteiger partial charge is 0.379 e. The molecule has 8 nitrogen and oxygen atoms in total. The fourth-order valence-electron chi connectivity index (χ4n) is 3.72. The highest BCUT2D eigenvalue weighted by atomic mass is 32.2. The van der Waals surface area contributed by atoms with Crippen molar-refractivity contribution in [2.75, 3.05) is 64.1 Å². The van der Waals surface area contributed by atoms with Crippen molar-refractivity contribution in [3.05, 3.63) is 29.6 Å². The molecule has 1 N–H and O–H groups in total. The Labute approximate surface area is 171 Å². The molecule has 10 heteroatoms. The number of likely N-dealkylation sites (tertiary alicyclic amines) is 1. The smallest absolute Gasteiger partial charge is 0.321 e. The number of benzene rings is 1. The van der Waals surface area contributed by atoms with Crippen molar-refractivity contribution < 1.29 is 22.3 Å². The predicted molar refractivity (Wildman–Crippen MR) is 109 cm³/mol. The van der Waals surface area contributed by atoms with E-state index in [9.17, 15) is 17.6 Å². The van der Waals surface area contributed by atoms with Crippen LogP contribution in [0.2, 0.25) is 0 Å². The Hall–Kier alpha value is -1.75. The molecule has 2 aliphatic rings. The number of carbonyl (C=O) groups is 1. The molecule has 2 saturated heterocycles. The highest BCUT2D eigenvalue weighted by Crippen LogP contribution is 2.20. The van der Waals surface area contributed by atoms with Crippen molar-refractivity contribution in [2.45, 2.75) is 19.4 Å². The maximum atomic E-state index is 13.7. The molecule has 2 fully saturated rings. The molecule has 29 heavy (non-hydrogen) atoms. The number of amides is 2. The third-order valence-electron chi connectivity index (χ3n) is 5.45. The van der Waals surface area contributed by atoms with Gasteiger partial charge in [0.1, 0.15) is 5.82 Å². The summed E-state index contributed by atoms with van der Waals surface area (Å²) in [6.45, 7) is 6.37. The summed E-state index contributed by atoms with van der Waals surface area (Å²) in [4.78, 5) is 16.3. The van der Waals surface area contributed by atoms with Gasteiger partial charge in [-0.25, -0.2) is 17.6 Å². The van der Waals surface area contributed by atoms with E-state index in [1.165, 1.54) is 16.6 Å². The molecule has 0 spiro atoms. The summed E-state index contributed by atoms with van der Waals surface area (Å²) in [7, 11) is -3.40. The summed E-state index contributed by atoms with van der Waals surface area (Å²) in [5.74, 6) is -0.381. The zero-order chi connectivity index (χ0) is 21.0. The molecule has 1 aromatic carbocycles. The normalized spacial score (nSPS) is 21.0. The Morgan fingerprint density at radius 3 is 2.69 bits per heavy atom. The number of sulfonamides is 1. The summed E-state index contributed by atoms with van der Waals surface area (Å²) >= 11 is 0. The number of rotatable bonds is 6. The van der Waals surface area contributed by atoms with Crippen molar-refractivity contribution >= 4 is 21.7 Å². The van der Waals surface area contributed by atoms with Crippen LogP contribution in [0, 0.1) is 12.7 Å². The highest BCUT2D eigenvalue weighted by molar-refractivity contribution is 7.88. The van der Waals surface area contributed by atoms with Crippen LogP contribution in [0.15, 0.2) is 18.2 Å². The SMILES string of the molecule is Cc1ccc(NC(=O)N2CCC(N(CCN3CCOCC3)S(C)(=O)=O)C2)cc1F. The fraction of sp³-hybridized carbons (Fsp3) is 0.632. The van der Waals surface area contributed by atoms with E-state index in [0.717, 1.165) is 13.1 Å². The van der Waals surface area contributed by atoms with Gasteiger partial charge in [-0.1, -0.05) is 6.07 Å². The highest BCUT2D eigenvalue weighted by Gasteiger charge is 2.35. The molecule has 1 unspecified atom stereocenters. The van der Waals surface area contributed by atoms with Gasteiger partial charge in [0.25, 0.3) is 0 Å². The van der Waals surface area contributed by atoms with Crippen molar-refractivity contribution in [1.82, 2.24) is 14.1 Å². The summed E-state index contributed by atoms with van der Waals surface area (Å²) in [5.41, 5.74) is 0.891. The number of aryl methyl sites for hydroxylation is 1. The van der Waals surface area contributed by atoms with Crippen LogP contribution in [0.3, 0.4) is 0 Å². The molecule has 0 aliphatic carbocycles. The zero-order valence-electron chi connectivity index (χ0n) is 16.9. The minimum atomic E-state index is -3.40. The minimum Gasteiger partial charge on any atom is -0.379 e. The second kappa shape index (κ2) is 9.38. The van der Waals surface area contributed by atoms with E-state index in [-0.39, 0.29) is 17.9 Å². The van der Waals surface area contributed by atoms with E-state index in [2.05, 4.69) is 10.2 Å². The lowest BCUT2D eigenvalue weighted by Crippen LogP contribution is -2.47. The van der Waals surface area contributed by atoms with E-state index in [1.54, 1.807) is 24.0 Å². The number of morpholine rings is 1. The molecule has 0 bridgehead atoms. The Bertz CT molecular complexity index is 829. The number of ether oxygens (including phenoxy) is 1. The number of urea groups is 1. The molecule has 0 radical (unpaired) electrons. The fourth-order valence-corrected chi connectivity index (χ4v) is 4.85. The number of hydrogen-bond acceptors (Lipinski definition) is 5. The lowest BCUT2D eigenvalue weighted by molar-refractivity contribution is 0.0354. The van der Waals surface area contributed by atoms with Crippen LogP contribution < -0.4 is 5.32 Å². The van der Waals surface area contributed by atoms with Crippen LogP contribution in [0.5, 0.6) is 0 Å². The first kappa shape index (κ1) is 21.9. The molecular formula is C19H29FN4O4S. The van der Waals surface area contributed by atoms with Crippen molar-refractivity contribution in [2.24, 2.45) is 0 Å². The molecule has 2 heterocycles. The number of nitrogens with one attached hydrogen (secondary N) is 1. The average molecular weight is 429 g/mol. The lowest BCUT2D eigenvalue weighted by atomic mass is 10.2. The first-order chi connectivity index (χ1) is 13.7. The Morgan fingerprint density at radius 1 is 1.31 bits per heavy atom. The van der Waals surface area contributed by atoms with Gasteiger partial charge in [0, 0.05) is 51.0 Å². The van der Waals surface area contributed by atoms with Gasteiger partial charge < -0.3 is 15.0 Å². The quantitative estimate of drug-likeness (QED) is 0.739. The van der Waals surface area contributed by atoms with E-state index in [4.69, 9.17) is 4.74 Å². The van der Waals surface area contributed by atoms with E-state index >= 15 is 0 Å². The molecule has 1 aromatic rings. The predicted octanol–water partition coefficient (Wildman–Crippen LogP) is 1.33. The molecular weight excluding hydrogens is 399 g/mol. The summed E-state index contributed by atoms with van der Waals surface area (Å²) in [6.07, 6.45) is 1.79. The maximum absolute atomic E-state index is 13.7. The molecule has 2 amide bonds. The average Bonchev–Trinajstić information content (AvgIpc) is 3.14. The van der Waals surface area contributed by atoms with E-state index in [0.29, 0.717) is 57.1 Å². The van der Waals surface area contributed by atoms with Crippen molar-refractivity contribution in [3.63, 3.8) is 0 Å². The number of halogens is 1. The second-order valence-electron chi connectivity index (χ2n) is 7.61. The Morgan fingerprint density at radius 2 is 2.03 bits per heavy atom. The number of anilines is 1. The van der Waals surface area contributed by atoms with Gasteiger partial charge in [-0.2, -0.15) is 4.31 Å². The lowest BCUT2D eigenvalue weighted by Gasteiger charge is -2.31. The molecule has 3 rings (SSSR count). The molecule has 0 saturated carbocycles. The van der Waals surface area contributed by atoms with Gasteiger partial charge in [0.05, 0.1) is 19.5 Å². The Balaban J connectivity index is 1.58. The summed E-state index contributed by atoms with van der Waals surface area (Å²) < 4.78 is 45.2. The van der Waals surface area contributed by atoms with Gasteiger partial charge in [0.15, 0.2) is 0 Å². The van der Waals surface area contributed by atoms with Crippen LogP contribution in [0.25, 0.3) is 0 Å². The monoisotopic (exact) mass is 428 g/mol. The standard InChI is InChI=1S/C19H29FN4O4S/c1-15-3-4-16(13-18(15)20)21-19(25)23-6-5-17(14-23)24(29(2,26)27)8-7-22-9-11-28-12-10-22/h3-4,13,17H,5-12,14H2,1-2H3,(H,21,25). The van der Waals surface area contributed by atoms with E-state index < -0.39 is 10.0 Å². The van der Waals surface area contributed by atoms with Gasteiger partial charge in [-0.3, -0.25) is 4.90 Å². The Kier molecular flexibility index (Phi) is 7.10. The first-order valence-corrected chi connectivity index (χ1v) is 11.7. The third kappa shape index (κ3) is 5.88. The maximum Gasteiger partial charge on any atom is 0.321 e. The second-order valence-corrected chi connectivity index (χ2v) is 9.55. The van der Waals surface area contributed by atoms with Crippen LogP contribution in [0.4, 0.5) is 14.9 Å². The third-order valence-corrected chi connectivity index (χ3v) is 6.78.